The number of alkyl halides is 1. The summed E-state index contributed by atoms with van der Waals surface area (Å²) in [4.78, 5) is 0.822. The van der Waals surface area contributed by atoms with Crippen LogP contribution in [0.2, 0.25) is 0 Å². The van der Waals surface area contributed by atoms with Crippen LogP contribution in [0.25, 0.3) is 0 Å². The number of halogens is 1. The molecule has 1 aliphatic rings. The molecular weight excluding hydrogens is 338 g/mol. The van der Waals surface area contributed by atoms with Crippen LogP contribution in [0.5, 0.6) is 0 Å². The number of rotatable bonds is 4. The van der Waals surface area contributed by atoms with E-state index in [4.69, 9.17) is 0 Å². The molecule has 1 N–H and O–H groups in total. The Morgan fingerprint density at radius 1 is 1.25 bits per heavy atom. The summed E-state index contributed by atoms with van der Waals surface area (Å²) in [5.41, 5.74) is 1.88. The van der Waals surface area contributed by atoms with Crippen molar-refractivity contribution in [1.29, 1.82) is 0 Å². The molecule has 0 saturated heterocycles. The average molecular weight is 360 g/mol. The second kappa shape index (κ2) is 6.58. The first kappa shape index (κ1) is 16.0. The smallest absolute Gasteiger partial charge is 0.211 e. The molecule has 2 rings (SSSR count). The lowest BCUT2D eigenvalue weighted by Gasteiger charge is -2.27. The predicted octanol–water partition coefficient (Wildman–Crippen LogP) is 3.54. The van der Waals surface area contributed by atoms with Crippen LogP contribution in [-0.2, 0) is 10.0 Å². The molecule has 0 bridgehead atoms. The zero-order chi connectivity index (χ0) is 14.8. The number of sulfonamides is 1. The highest BCUT2D eigenvalue weighted by atomic mass is 79.9. The molecule has 1 aromatic rings. The summed E-state index contributed by atoms with van der Waals surface area (Å²) in [7, 11) is -3.40. The van der Waals surface area contributed by atoms with Gasteiger partial charge in [-0.05, 0) is 44.2 Å². The van der Waals surface area contributed by atoms with Gasteiger partial charge in [-0.25, -0.2) is 13.1 Å². The number of hydrogen-bond acceptors (Lipinski definition) is 2. The van der Waals surface area contributed by atoms with Crippen LogP contribution >= 0.6 is 15.9 Å². The van der Waals surface area contributed by atoms with Crippen molar-refractivity contribution >= 4 is 26.0 Å². The van der Waals surface area contributed by atoms with Crippen LogP contribution in [0.1, 0.15) is 36.8 Å². The Labute approximate surface area is 130 Å². The van der Waals surface area contributed by atoms with Crippen molar-refractivity contribution in [3.8, 4) is 0 Å². The van der Waals surface area contributed by atoms with Crippen LogP contribution in [0, 0.1) is 19.8 Å². The normalized spacial score (nSPS) is 23.8. The molecule has 20 heavy (non-hydrogen) atoms. The molecule has 2 atom stereocenters. The van der Waals surface area contributed by atoms with Crippen LogP contribution < -0.4 is 4.72 Å². The molecule has 0 heterocycles. The topological polar surface area (TPSA) is 46.2 Å². The Hall–Kier alpha value is -0.390. The summed E-state index contributed by atoms with van der Waals surface area (Å²) in [6.07, 6.45) is 4.65. The van der Waals surface area contributed by atoms with Crippen LogP contribution in [0.3, 0.4) is 0 Å². The maximum Gasteiger partial charge on any atom is 0.240 e. The van der Waals surface area contributed by atoms with E-state index >= 15 is 0 Å². The highest BCUT2D eigenvalue weighted by Crippen LogP contribution is 2.29. The molecule has 0 spiro atoms. The molecule has 112 valence electrons. The Morgan fingerprint density at radius 2 is 1.95 bits per heavy atom. The van der Waals surface area contributed by atoms with E-state index < -0.39 is 10.0 Å². The van der Waals surface area contributed by atoms with Crippen molar-refractivity contribution < 1.29 is 8.42 Å². The fourth-order valence-electron chi connectivity index (χ4n) is 2.79. The van der Waals surface area contributed by atoms with E-state index in [0.29, 0.717) is 22.2 Å². The van der Waals surface area contributed by atoms with Gasteiger partial charge in [-0.1, -0.05) is 46.5 Å². The third kappa shape index (κ3) is 3.83. The minimum atomic E-state index is -3.40. The molecule has 0 aromatic heterocycles. The highest BCUT2D eigenvalue weighted by Gasteiger charge is 2.25. The van der Waals surface area contributed by atoms with Crippen LogP contribution in [0.15, 0.2) is 23.1 Å². The number of hydrogen-bond donors (Lipinski definition) is 1. The van der Waals surface area contributed by atoms with Crippen molar-refractivity contribution in [2.75, 3.05) is 6.54 Å². The van der Waals surface area contributed by atoms with Crippen molar-refractivity contribution in [2.45, 2.75) is 49.3 Å². The van der Waals surface area contributed by atoms with E-state index in [2.05, 4.69) is 20.7 Å². The van der Waals surface area contributed by atoms with Gasteiger partial charge in [0.25, 0.3) is 0 Å². The summed E-state index contributed by atoms with van der Waals surface area (Å²) < 4.78 is 27.6. The monoisotopic (exact) mass is 359 g/mol. The van der Waals surface area contributed by atoms with Gasteiger partial charge in [0.05, 0.1) is 4.90 Å². The third-order valence-corrected chi connectivity index (χ3v) is 6.76. The lowest BCUT2D eigenvalue weighted by molar-refractivity contribution is 0.373. The SMILES string of the molecule is Cc1ccc(S(=O)(=O)NCC2CCCCC2Br)c(C)c1. The van der Waals surface area contributed by atoms with E-state index in [9.17, 15) is 8.42 Å². The van der Waals surface area contributed by atoms with Gasteiger partial charge in [0, 0.05) is 11.4 Å². The van der Waals surface area contributed by atoms with E-state index in [0.717, 1.165) is 24.0 Å². The minimum Gasteiger partial charge on any atom is -0.211 e. The van der Waals surface area contributed by atoms with Crippen LogP contribution in [-0.4, -0.2) is 19.8 Å². The number of nitrogens with one attached hydrogen (secondary N) is 1. The quantitative estimate of drug-likeness (QED) is 0.835. The second-order valence-electron chi connectivity index (χ2n) is 5.68. The van der Waals surface area contributed by atoms with Crippen molar-refractivity contribution in [3.63, 3.8) is 0 Å². The van der Waals surface area contributed by atoms with Gasteiger partial charge in [-0.3, -0.25) is 0 Å². The van der Waals surface area contributed by atoms with Gasteiger partial charge in [-0.2, -0.15) is 0 Å². The van der Waals surface area contributed by atoms with Crippen molar-refractivity contribution in [3.05, 3.63) is 29.3 Å². The zero-order valence-electron chi connectivity index (χ0n) is 12.0. The summed E-state index contributed by atoms with van der Waals surface area (Å²) in [6.45, 7) is 4.33. The minimum absolute atomic E-state index is 0.393. The predicted molar refractivity (Wildman–Crippen MR) is 85.8 cm³/mol. The lowest BCUT2D eigenvalue weighted by Crippen LogP contribution is -2.34. The molecule has 2 unspecified atom stereocenters. The van der Waals surface area contributed by atoms with Crippen molar-refractivity contribution in [1.82, 2.24) is 4.72 Å². The zero-order valence-corrected chi connectivity index (χ0v) is 14.4. The van der Waals surface area contributed by atoms with Gasteiger partial charge >= 0.3 is 0 Å². The Kier molecular flexibility index (Phi) is 5.26. The molecular formula is C15H22BrNO2S. The highest BCUT2D eigenvalue weighted by molar-refractivity contribution is 9.09. The fourth-order valence-corrected chi connectivity index (χ4v) is 4.88. The number of aryl methyl sites for hydroxylation is 2. The first-order chi connectivity index (χ1) is 9.40. The molecule has 0 amide bonds. The molecule has 1 fully saturated rings. The Balaban J connectivity index is 2.07. The average Bonchev–Trinajstić information content (AvgIpc) is 2.37. The number of benzene rings is 1. The molecule has 1 aliphatic carbocycles. The summed E-state index contributed by atoms with van der Waals surface area (Å²) in [6, 6.07) is 5.44. The van der Waals surface area contributed by atoms with Gasteiger partial charge in [0.2, 0.25) is 10.0 Å². The lowest BCUT2D eigenvalue weighted by atomic mass is 9.89. The van der Waals surface area contributed by atoms with E-state index in [-0.39, 0.29) is 0 Å². The molecule has 3 nitrogen and oxygen atoms in total. The summed E-state index contributed by atoms with van der Waals surface area (Å²) in [5, 5.41) is 0. The van der Waals surface area contributed by atoms with Crippen molar-refractivity contribution in [2.24, 2.45) is 5.92 Å². The Morgan fingerprint density at radius 3 is 2.60 bits per heavy atom. The van der Waals surface area contributed by atoms with Gasteiger partial charge < -0.3 is 0 Å². The Bertz CT molecular complexity index is 571. The first-order valence-corrected chi connectivity index (χ1v) is 9.51. The largest absolute Gasteiger partial charge is 0.240 e. The summed E-state index contributed by atoms with van der Waals surface area (Å²) in [5.74, 6) is 0.393. The second-order valence-corrected chi connectivity index (χ2v) is 8.59. The van der Waals surface area contributed by atoms with E-state index in [1.807, 2.05) is 26.0 Å². The molecule has 5 heteroatoms. The third-order valence-electron chi connectivity index (χ3n) is 3.97. The van der Waals surface area contributed by atoms with Gasteiger partial charge in [0.15, 0.2) is 0 Å². The standard InChI is InChI=1S/C15H22BrNO2S/c1-11-7-8-15(12(2)9-11)20(18,19)17-10-13-5-3-4-6-14(13)16/h7-9,13-14,17H,3-6,10H2,1-2H3. The van der Waals surface area contributed by atoms with Gasteiger partial charge in [-0.15, -0.1) is 0 Å². The van der Waals surface area contributed by atoms with Gasteiger partial charge in [0.1, 0.15) is 0 Å². The molecule has 0 aliphatic heterocycles. The van der Waals surface area contributed by atoms with E-state index in [1.54, 1.807) is 6.07 Å². The molecule has 0 radical (unpaired) electrons. The summed E-state index contributed by atoms with van der Waals surface area (Å²) >= 11 is 3.67. The molecule has 1 saturated carbocycles. The molecule has 1 aromatic carbocycles. The maximum absolute atomic E-state index is 12.4. The fraction of sp³-hybridized carbons (Fsp3) is 0.600. The maximum atomic E-state index is 12.4. The first-order valence-electron chi connectivity index (χ1n) is 7.11. The van der Waals surface area contributed by atoms with E-state index in [1.165, 1.54) is 12.8 Å². The van der Waals surface area contributed by atoms with Crippen LogP contribution in [0.4, 0.5) is 0 Å².